The molecule has 0 fully saturated rings. The van der Waals surface area contributed by atoms with Gasteiger partial charge in [-0.05, 0) is 12.1 Å². The van der Waals surface area contributed by atoms with Gasteiger partial charge in [0.2, 0.25) is 0 Å². The summed E-state index contributed by atoms with van der Waals surface area (Å²) in [5.41, 5.74) is -1.00. The zero-order valence-corrected chi connectivity index (χ0v) is 8.27. The highest BCUT2D eigenvalue weighted by Gasteiger charge is 2.36. The number of esters is 1. The number of ether oxygens (including phenoxy) is 1. The van der Waals surface area contributed by atoms with E-state index in [0.717, 1.165) is 6.92 Å². The van der Waals surface area contributed by atoms with Crippen LogP contribution in [0, 0.1) is 11.6 Å². The first-order chi connectivity index (χ1) is 7.33. The third kappa shape index (κ3) is 2.95. The van der Waals surface area contributed by atoms with Crippen molar-refractivity contribution in [2.24, 2.45) is 0 Å². The van der Waals surface area contributed by atoms with Crippen molar-refractivity contribution < 1.29 is 27.1 Å². The Kier molecular flexibility index (Phi) is 3.51. The first kappa shape index (κ1) is 12.5. The van der Waals surface area contributed by atoms with E-state index in [1.165, 1.54) is 0 Å². The van der Waals surface area contributed by atoms with Gasteiger partial charge in [-0.1, -0.05) is 0 Å². The molecule has 0 spiro atoms. The van der Waals surface area contributed by atoms with Gasteiger partial charge in [0, 0.05) is 13.0 Å². The van der Waals surface area contributed by atoms with Gasteiger partial charge in [0.1, 0.15) is 11.6 Å². The van der Waals surface area contributed by atoms with E-state index in [1.807, 2.05) is 0 Å². The van der Waals surface area contributed by atoms with Crippen molar-refractivity contribution in [2.75, 3.05) is 6.61 Å². The Hall–Kier alpha value is -1.59. The monoisotopic (exact) mass is 236 g/mol. The first-order valence-electron chi connectivity index (χ1n) is 4.29. The molecule has 0 bridgehead atoms. The summed E-state index contributed by atoms with van der Waals surface area (Å²) < 4.78 is 56.1. The molecule has 0 radical (unpaired) electrons. The summed E-state index contributed by atoms with van der Waals surface area (Å²) in [5.74, 6) is -6.91. The highest BCUT2D eigenvalue weighted by atomic mass is 19.3. The highest BCUT2D eigenvalue weighted by molar-refractivity contribution is 5.65. The van der Waals surface area contributed by atoms with E-state index in [1.54, 1.807) is 0 Å². The number of hydrogen-bond donors (Lipinski definition) is 0. The Morgan fingerprint density at radius 2 is 2.00 bits per heavy atom. The molecule has 0 heterocycles. The smallest absolute Gasteiger partial charge is 0.309 e. The molecular weight excluding hydrogens is 228 g/mol. The fourth-order valence-corrected chi connectivity index (χ4v) is 1.06. The molecule has 0 aliphatic carbocycles. The third-order valence-electron chi connectivity index (χ3n) is 1.78. The van der Waals surface area contributed by atoms with Crippen molar-refractivity contribution in [1.82, 2.24) is 0 Å². The molecule has 0 saturated heterocycles. The topological polar surface area (TPSA) is 26.3 Å². The molecule has 6 heteroatoms. The second-order valence-electron chi connectivity index (χ2n) is 3.11. The van der Waals surface area contributed by atoms with Crippen molar-refractivity contribution in [3.63, 3.8) is 0 Å². The van der Waals surface area contributed by atoms with Gasteiger partial charge < -0.3 is 4.74 Å². The minimum atomic E-state index is -3.68. The maximum Gasteiger partial charge on any atom is 0.309 e. The molecule has 0 unspecified atom stereocenters. The Balaban J connectivity index is 2.92. The molecule has 0 amide bonds. The van der Waals surface area contributed by atoms with Crippen LogP contribution in [0.3, 0.4) is 0 Å². The Morgan fingerprint density at radius 1 is 1.38 bits per heavy atom. The number of carbonyl (C=O) groups is 1. The number of alkyl halides is 2. The van der Waals surface area contributed by atoms with Crippen LogP contribution in [0.5, 0.6) is 0 Å². The number of rotatable bonds is 3. The summed E-state index contributed by atoms with van der Waals surface area (Å²) in [6.07, 6.45) is 0. The molecular formula is C10H8F4O2. The number of hydrogen-bond acceptors (Lipinski definition) is 2. The van der Waals surface area contributed by atoms with Gasteiger partial charge in [-0.2, -0.15) is 8.78 Å². The van der Waals surface area contributed by atoms with Crippen LogP contribution in [0.1, 0.15) is 12.5 Å². The zero-order valence-electron chi connectivity index (χ0n) is 8.27. The summed E-state index contributed by atoms with van der Waals surface area (Å²) in [6, 6.07) is 1.67. The lowest BCUT2D eigenvalue weighted by atomic mass is 10.1. The summed E-state index contributed by atoms with van der Waals surface area (Å²) in [4.78, 5) is 10.4. The van der Waals surface area contributed by atoms with Gasteiger partial charge in [-0.25, -0.2) is 8.78 Å². The number of benzene rings is 1. The minimum Gasteiger partial charge on any atom is -0.459 e. The third-order valence-corrected chi connectivity index (χ3v) is 1.78. The second-order valence-corrected chi connectivity index (χ2v) is 3.11. The van der Waals surface area contributed by atoms with Crippen LogP contribution >= 0.6 is 0 Å². The van der Waals surface area contributed by atoms with Crippen molar-refractivity contribution in [3.8, 4) is 0 Å². The molecule has 16 heavy (non-hydrogen) atoms. The summed E-state index contributed by atoms with van der Waals surface area (Å²) in [5, 5.41) is 0. The quantitative estimate of drug-likeness (QED) is 0.595. The molecule has 1 aromatic carbocycles. The molecule has 0 N–H and O–H groups in total. The second kappa shape index (κ2) is 4.51. The average molecular weight is 236 g/mol. The molecule has 1 rings (SSSR count). The lowest BCUT2D eigenvalue weighted by molar-refractivity contribution is -0.154. The van der Waals surface area contributed by atoms with Crippen molar-refractivity contribution >= 4 is 5.97 Å². The Morgan fingerprint density at radius 3 is 2.50 bits per heavy atom. The lowest BCUT2D eigenvalue weighted by Gasteiger charge is -2.16. The normalized spacial score (nSPS) is 11.3. The van der Waals surface area contributed by atoms with Gasteiger partial charge in [0.15, 0.2) is 6.61 Å². The van der Waals surface area contributed by atoms with E-state index < -0.39 is 35.7 Å². The van der Waals surface area contributed by atoms with E-state index in [0.29, 0.717) is 18.2 Å². The van der Waals surface area contributed by atoms with Gasteiger partial charge in [-0.15, -0.1) is 0 Å². The van der Waals surface area contributed by atoms with Crippen LogP contribution in [0.4, 0.5) is 17.6 Å². The molecule has 0 aliphatic rings. The minimum absolute atomic E-state index is 0.344. The molecule has 2 nitrogen and oxygen atoms in total. The maximum atomic E-state index is 13.3. The van der Waals surface area contributed by atoms with Crippen LogP contribution in [-0.2, 0) is 15.5 Å². The predicted molar refractivity (Wildman–Crippen MR) is 46.9 cm³/mol. The van der Waals surface area contributed by atoms with E-state index >= 15 is 0 Å². The van der Waals surface area contributed by atoms with Gasteiger partial charge >= 0.3 is 11.9 Å². The molecule has 1 aromatic rings. The van der Waals surface area contributed by atoms with Crippen LogP contribution < -0.4 is 0 Å². The Labute approximate surface area is 88.8 Å². The number of carbonyl (C=O) groups excluding carboxylic acids is 1. The standard InChI is InChI=1S/C10H8F4O2/c1-6(15)16-5-10(13,14)8-3-2-7(11)4-9(8)12/h2-4H,5H2,1H3. The molecule has 88 valence electrons. The van der Waals surface area contributed by atoms with Crippen LogP contribution in [0.2, 0.25) is 0 Å². The highest BCUT2D eigenvalue weighted by Crippen LogP contribution is 2.30. The van der Waals surface area contributed by atoms with Gasteiger partial charge in [-0.3, -0.25) is 4.79 Å². The van der Waals surface area contributed by atoms with Crippen LogP contribution in [0.25, 0.3) is 0 Å². The fourth-order valence-electron chi connectivity index (χ4n) is 1.06. The fraction of sp³-hybridized carbons (Fsp3) is 0.300. The molecule has 0 saturated carbocycles. The maximum absolute atomic E-state index is 13.3. The van der Waals surface area contributed by atoms with Crippen molar-refractivity contribution in [1.29, 1.82) is 0 Å². The number of halogens is 4. The van der Waals surface area contributed by atoms with Crippen LogP contribution in [-0.4, -0.2) is 12.6 Å². The summed E-state index contributed by atoms with van der Waals surface area (Å²) in [6.45, 7) is -0.317. The van der Waals surface area contributed by atoms with Gasteiger partial charge in [0.25, 0.3) is 0 Å². The van der Waals surface area contributed by atoms with Gasteiger partial charge in [0.05, 0.1) is 5.56 Å². The zero-order chi connectivity index (χ0) is 12.3. The van der Waals surface area contributed by atoms with E-state index in [2.05, 4.69) is 4.74 Å². The van der Waals surface area contributed by atoms with Crippen molar-refractivity contribution in [2.45, 2.75) is 12.8 Å². The van der Waals surface area contributed by atoms with E-state index in [9.17, 15) is 22.4 Å². The Bertz CT molecular complexity index is 404. The summed E-state index contributed by atoms with van der Waals surface area (Å²) >= 11 is 0. The largest absolute Gasteiger partial charge is 0.459 e. The van der Waals surface area contributed by atoms with Crippen molar-refractivity contribution in [3.05, 3.63) is 35.4 Å². The molecule has 0 aliphatic heterocycles. The lowest BCUT2D eigenvalue weighted by Crippen LogP contribution is -2.24. The molecule has 0 atom stereocenters. The molecule has 0 aromatic heterocycles. The summed E-state index contributed by atoms with van der Waals surface area (Å²) in [7, 11) is 0. The van der Waals surface area contributed by atoms with E-state index in [-0.39, 0.29) is 0 Å². The SMILES string of the molecule is CC(=O)OCC(F)(F)c1ccc(F)cc1F. The van der Waals surface area contributed by atoms with Crippen LogP contribution in [0.15, 0.2) is 18.2 Å². The average Bonchev–Trinajstić information content (AvgIpc) is 2.14. The first-order valence-corrected chi connectivity index (χ1v) is 4.29. The predicted octanol–water partition coefficient (Wildman–Crippen LogP) is 2.62. The van der Waals surface area contributed by atoms with E-state index in [4.69, 9.17) is 0 Å².